The van der Waals surface area contributed by atoms with Crippen molar-refractivity contribution in [1.29, 1.82) is 0 Å². The molecule has 15 heteroatoms. The zero-order chi connectivity index (χ0) is 31.4. The summed E-state index contributed by atoms with van der Waals surface area (Å²) < 4.78 is 22.7. The number of aromatic hydroxyl groups is 3. The van der Waals surface area contributed by atoms with Gasteiger partial charge in [0.25, 0.3) is 0 Å². The SMILES string of the molecule is C[C@]1(CO)OC(OC2C(c3c(O)cc4oc(-c5ccc(O)cc5)cc(=O)c4c3O)OC(CO)C(O)C2O)C(O)C(O)C1O. The van der Waals surface area contributed by atoms with Crippen LogP contribution in [0.5, 0.6) is 17.2 Å². The molecule has 2 aliphatic rings. The Balaban J connectivity index is 1.59. The van der Waals surface area contributed by atoms with E-state index < -0.39 is 102 Å². The second-order valence-electron chi connectivity index (χ2n) is 10.8. The summed E-state index contributed by atoms with van der Waals surface area (Å²) in [5, 5.41) is 104. The smallest absolute Gasteiger partial charge is 0.197 e. The van der Waals surface area contributed by atoms with E-state index in [0.29, 0.717) is 5.56 Å². The molecule has 2 fully saturated rings. The first-order chi connectivity index (χ1) is 20.3. The highest BCUT2D eigenvalue weighted by Gasteiger charge is 2.55. The Labute approximate surface area is 242 Å². The first-order valence-electron chi connectivity index (χ1n) is 13.2. The van der Waals surface area contributed by atoms with Gasteiger partial charge >= 0.3 is 0 Å². The number of hydrogen-bond acceptors (Lipinski definition) is 15. The number of benzene rings is 2. The van der Waals surface area contributed by atoms with E-state index >= 15 is 0 Å². The average molecular weight is 609 g/mol. The lowest BCUT2D eigenvalue weighted by Crippen LogP contribution is -2.66. The molecule has 3 heterocycles. The minimum atomic E-state index is -1.95. The molecule has 2 saturated heterocycles. The Morgan fingerprint density at radius 3 is 2.21 bits per heavy atom. The van der Waals surface area contributed by atoms with Gasteiger partial charge in [0.1, 0.15) is 88.4 Å². The molecule has 0 aliphatic carbocycles. The van der Waals surface area contributed by atoms with Crippen molar-refractivity contribution in [2.45, 2.75) is 67.6 Å². The Kier molecular flexibility index (Phi) is 8.40. The largest absolute Gasteiger partial charge is 0.508 e. The van der Waals surface area contributed by atoms with Gasteiger partial charge in [-0.1, -0.05) is 0 Å². The van der Waals surface area contributed by atoms with E-state index in [9.17, 15) is 55.9 Å². The number of aliphatic hydroxyl groups is 7. The maximum absolute atomic E-state index is 13.2. The third-order valence-corrected chi connectivity index (χ3v) is 7.88. The number of phenolic OH excluding ortho intramolecular Hbond substituents is 3. The molecule has 2 aromatic carbocycles. The fourth-order valence-corrected chi connectivity index (χ4v) is 5.34. The van der Waals surface area contributed by atoms with Crippen LogP contribution in [0.15, 0.2) is 45.6 Å². The predicted octanol–water partition coefficient (Wildman–Crippen LogP) is -1.69. The van der Waals surface area contributed by atoms with Gasteiger partial charge in [0.15, 0.2) is 11.7 Å². The number of rotatable bonds is 6. The summed E-state index contributed by atoms with van der Waals surface area (Å²) in [5.74, 6) is -1.53. The van der Waals surface area contributed by atoms with Gasteiger partial charge < -0.3 is 69.7 Å². The maximum atomic E-state index is 13.2. The summed E-state index contributed by atoms with van der Waals surface area (Å²) in [4.78, 5) is 13.2. The van der Waals surface area contributed by atoms with Gasteiger partial charge in [-0.3, -0.25) is 4.79 Å². The second kappa shape index (κ2) is 11.6. The first kappa shape index (κ1) is 31.1. The van der Waals surface area contributed by atoms with Crippen molar-refractivity contribution >= 4 is 11.0 Å². The topological polar surface area (TPSA) is 260 Å². The Bertz CT molecular complexity index is 1520. The summed E-state index contributed by atoms with van der Waals surface area (Å²) >= 11 is 0. The lowest BCUT2D eigenvalue weighted by atomic mass is 9.87. The van der Waals surface area contributed by atoms with Crippen LogP contribution in [0.25, 0.3) is 22.3 Å². The number of phenols is 3. The summed E-state index contributed by atoms with van der Waals surface area (Å²) in [6.07, 6.45) is -16.2. The van der Waals surface area contributed by atoms with E-state index in [-0.39, 0.29) is 17.1 Å². The van der Waals surface area contributed by atoms with Crippen molar-refractivity contribution in [1.82, 2.24) is 0 Å². The summed E-state index contributed by atoms with van der Waals surface area (Å²) in [6, 6.07) is 7.75. The van der Waals surface area contributed by atoms with E-state index in [1.807, 2.05) is 0 Å². The Morgan fingerprint density at radius 2 is 1.58 bits per heavy atom. The molecular weight excluding hydrogens is 576 g/mol. The highest BCUT2D eigenvalue weighted by Crippen LogP contribution is 2.46. The van der Waals surface area contributed by atoms with Crippen LogP contribution in [0.3, 0.4) is 0 Å². The van der Waals surface area contributed by atoms with Crippen LogP contribution in [0.1, 0.15) is 18.6 Å². The summed E-state index contributed by atoms with van der Waals surface area (Å²) in [7, 11) is 0. The molecule has 10 atom stereocenters. The number of hydrogen-bond donors (Lipinski definition) is 10. The normalized spacial score (nSPS) is 34.8. The molecule has 3 aromatic rings. The molecule has 2 aliphatic heterocycles. The maximum Gasteiger partial charge on any atom is 0.197 e. The molecule has 0 bridgehead atoms. The second-order valence-corrected chi connectivity index (χ2v) is 10.8. The fourth-order valence-electron chi connectivity index (χ4n) is 5.34. The van der Waals surface area contributed by atoms with Gasteiger partial charge in [0.2, 0.25) is 0 Å². The predicted molar refractivity (Wildman–Crippen MR) is 143 cm³/mol. The van der Waals surface area contributed by atoms with Gasteiger partial charge in [-0.15, -0.1) is 0 Å². The highest BCUT2D eigenvalue weighted by molar-refractivity contribution is 5.88. The number of fused-ring (bicyclic) bond motifs is 1. The number of ether oxygens (including phenoxy) is 3. The standard InChI is InChI=1S/C28H32O15/c1-28(9-30)26(39)22(37)23(38)27(43-28)42-25-21(36)19(34)16(8-29)41-24(25)18-13(33)7-15-17(20(18)35)12(32)6-14(40-15)10-2-4-11(31)5-3-10/h2-7,16,19,21-27,29-31,33-39H,8-9H2,1H3/t16?,19?,21?,22?,23?,24?,25?,26?,27?,28-/m1/s1. The van der Waals surface area contributed by atoms with Crippen molar-refractivity contribution in [3.63, 3.8) is 0 Å². The zero-order valence-electron chi connectivity index (χ0n) is 22.6. The molecule has 15 nitrogen and oxygen atoms in total. The van der Waals surface area contributed by atoms with Gasteiger partial charge in [-0.05, 0) is 31.2 Å². The minimum Gasteiger partial charge on any atom is -0.508 e. The van der Waals surface area contributed by atoms with Crippen LogP contribution in [0, 0.1) is 0 Å². The van der Waals surface area contributed by atoms with Crippen molar-refractivity contribution in [2.24, 2.45) is 0 Å². The van der Waals surface area contributed by atoms with Crippen LogP contribution in [0.2, 0.25) is 0 Å². The molecule has 234 valence electrons. The zero-order valence-corrected chi connectivity index (χ0v) is 22.6. The third kappa shape index (κ3) is 5.33. The van der Waals surface area contributed by atoms with E-state index in [1.165, 1.54) is 31.2 Å². The van der Waals surface area contributed by atoms with E-state index in [4.69, 9.17) is 18.6 Å². The molecule has 0 saturated carbocycles. The molecule has 0 spiro atoms. The number of aliphatic hydroxyl groups excluding tert-OH is 7. The fraction of sp³-hybridized carbons (Fsp3) is 0.464. The van der Waals surface area contributed by atoms with Crippen LogP contribution in [0.4, 0.5) is 0 Å². The molecule has 0 radical (unpaired) electrons. The van der Waals surface area contributed by atoms with Crippen LogP contribution < -0.4 is 5.43 Å². The van der Waals surface area contributed by atoms with E-state index in [0.717, 1.165) is 12.1 Å². The lowest BCUT2D eigenvalue weighted by molar-refractivity contribution is -0.364. The Morgan fingerprint density at radius 1 is 0.907 bits per heavy atom. The van der Waals surface area contributed by atoms with Gasteiger partial charge in [0, 0.05) is 17.7 Å². The van der Waals surface area contributed by atoms with E-state index in [1.54, 1.807) is 0 Å². The van der Waals surface area contributed by atoms with Crippen molar-refractivity contribution in [3.05, 3.63) is 52.2 Å². The minimum absolute atomic E-state index is 0.0256. The van der Waals surface area contributed by atoms with Crippen molar-refractivity contribution in [3.8, 4) is 28.6 Å². The van der Waals surface area contributed by atoms with Gasteiger partial charge in [0.05, 0.1) is 18.8 Å². The van der Waals surface area contributed by atoms with Gasteiger partial charge in [-0.25, -0.2) is 0 Å². The quantitative estimate of drug-likeness (QED) is 0.150. The van der Waals surface area contributed by atoms with Crippen molar-refractivity contribution in [2.75, 3.05) is 13.2 Å². The summed E-state index contributed by atoms with van der Waals surface area (Å²) in [5.41, 5.74) is -2.95. The molecule has 9 unspecified atom stereocenters. The molecule has 43 heavy (non-hydrogen) atoms. The van der Waals surface area contributed by atoms with E-state index in [2.05, 4.69) is 0 Å². The molecule has 0 amide bonds. The Hall–Kier alpha value is -3.35. The lowest BCUT2D eigenvalue weighted by Gasteiger charge is -2.49. The molecular formula is C28H32O15. The summed E-state index contributed by atoms with van der Waals surface area (Å²) in [6.45, 7) is -0.434. The molecule has 1 aromatic heterocycles. The first-order valence-corrected chi connectivity index (χ1v) is 13.2. The monoisotopic (exact) mass is 608 g/mol. The van der Waals surface area contributed by atoms with Crippen LogP contribution >= 0.6 is 0 Å². The van der Waals surface area contributed by atoms with Crippen molar-refractivity contribution < 1.29 is 69.7 Å². The van der Waals surface area contributed by atoms with Gasteiger partial charge in [-0.2, -0.15) is 0 Å². The molecule has 5 rings (SSSR count). The van der Waals surface area contributed by atoms with Crippen LogP contribution in [-0.4, -0.2) is 119 Å². The average Bonchev–Trinajstić information content (AvgIpc) is 2.97. The van der Waals surface area contributed by atoms with Crippen LogP contribution in [-0.2, 0) is 14.2 Å². The highest BCUT2D eigenvalue weighted by atomic mass is 16.7. The third-order valence-electron chi connectivity index (χ3n) is 7.88. The molecule has 10 N–H and O–H groups in total.